The molecule has 0 spiro atoms. The summed E-state index contributed by atoms with van der Waals surface area (Å²) in [7, 11) is 0. The van der Waals surface area contributed by atoms with Gasteiger partial charge in [-0.3, -0.25) is 19.3 Å². The van der Waals surface area contributed by atoms with Crippen LogP contribution < -0.4 is 4.90 Å². The summed E-state index contributed by atoms with van der Waals surface area (Å²) in [5, 5.41) is 8.62. The fourth-order valence-corrected chi connectivity index (χ4v) is 1.97. The van der Waals surface area contributed by atoms with E-state index in [2.05, 4.69) is 0 Å². The molecule has 1 aliphatic rings. The van der Waals surface area contributed by atoms with Gasteiger partial charge in [-0.25, -0.2) is 0 Å². The lowest BCUT2D eigenvalue weighted by Gasteiger charge is -2.14. The minimum Gasteiger partial charge on any atom is -0.481 e. The van der Waals surface area contributed by atoms with Crippen molar-refractivity contribution in [3.8, 4) is 0 Å². The van der Waals surface area contributed by atoms with E-state index < -0.39 is 5.97 Å². The van der Waals surface area contributed by atoms with Gasteiger partial charge in [-0.05, 0) is 24.1 Å². The van der Waals surface area contributed by atoms with Gasteiger partial charge in [-0.1, -0.05) is 12.1 Å². The highest BCUT2D eigenvalue weighted by Gasteiger charge is 2.30. The molecular formula is C13H13NO4. The summed E-state index contributed by atoms with van der Waals surface area (Å²) in [6, 6.07) is 6.90. The molecule has 0 saturated carbocycles. The molecule has 1 N–H and O–H groups in total. The second kappa shape index (κ2) is 5.00. The van der Waals surface area contributed by atoms with Crippen molar-refractivity contribution in [2.45, 2.75) is 25.7 Å². The molecule has 2 amide bonds. The molecule has 0 bridgehead atoms. The number of aryl methyl sites for hydroxylation is 1. The number of hydrogen-bond acceptors (Lipinski definition) is 3. The molecule has 2 rings (SSSR count). The molecule has 1 aromatic carbocycles. The number of hydrogen-bond donors (Lipinski definition) is 1. The predicted octanol–water partition coefficient (Wildman–Crippen LogP) is 1.36. The number of benzene rings is 1. The number of rotatable bonds is 4. The average molecular weight is 247 g/mol. The Balaban J connectivity index is 2.19. The molecule has 0 aromatic heterocycles. The molecule has 1 aliphatic heterocycles. The van der Waals surface area contributed by atoms with Gasteiger partial charge in [-0.2, -0.15) is 0 Å². The minimum atomic E-state index is -0.867. The third-order valence-electron chi connectivity index (χ3n) is 2.85. The minimum absolute atomic E-state index is 0.0331. The number of anilines is 1. The normalized spacial score (nSPS) is 15.2. The third kappa shape index (κ3) is 2.56. The monoisotopic (exact) mass is 247 g/mol. The van der Waals surface area contributed by atoms with Gasteiger partial charge >= 0.3 is 5.97 Å². The molecule has 1 saturated heterocycles. The van der Waals surface area contributed by atoms with E-state index in [1.54, 1.807) is 24.3 Å². The van der Waals surface area contributed by atoms with Crippen molar-refractivity contribution in [3.63, 3.8) is 0 Å². The molecule has 5 nitrogen and oxygen atoms in total. The number of carbonyl (C=O) groups is 3. The van der Waals surface area contributed by atoms with Crippen molar-refractivity contribution in [2.75, 3.05) is 4.90 Å². The van der Waals surface area contributed by atoms with E-state index in [9.17, 15) is 14.4 Å². The fourth-order valence-electron chi connectivity index (χ4n) is 1.97. The maximum absolute atomic E-state index is 11.6. The van der Waals surface area contributed by atoms with E-state index in [-0.39, 0.29) is 31.1 Å². The first-order valence-electron chi connectivity index (χ1n) is 5.74. The molecule has 5 heteroatoms. The number of imide groups is 1. The van der Waals surface area contributed by atoms with Crippen LogP contribution in [0.5, 0.6) is 0 Å². The first kappa shape index (κ1) is 12.3. The molecule has 1 fully saturated rings. The van der Waals surface area contributed by atoms with Crippen LogP contribution in [-0.2, 0) is 20.8 Å². The molecule has 0 aliphatic carbocycles. The summed E-state index contributed by atoms with van der Waals surface area (Å²) in [5.74, 6) is -1.26. The van der Waals surface area contributed by atoms with Crippen LogP contribution in [0.3, 0.4) is 0 Å². The zero-order valence-corrected chi connectivity index (χ0v) is 9.76. The Morgan fingerprint density at radius 1 is 1.22 bits per heavy atom. The van der Waals surface area contributed by atoms with E-state index in [1.165, 1.54) is 4.90 Å². The summed E-state index contributed by atoms with van der Waals surface area (Å²) < 4.78 is 0. The van der Waals surface area contributed by atoms with Gasteiger partial charge in [0.15, 0.2) is 0 Å². The van der Waals surface area contributed by atoms with Gasteiger partial charge < -0.3 is 5.11 Å². The Morgan fingerprint density at radius 3 is 2.50 bits per heavy atom. The standard InChI is InChI=1S/C13H13NO4/c15-11-5-6-12(16)14(11)10-3-1-2-9(8-10)4-7-13(17)18/h1-3,8H,4-7H2,(H,17,18). The highest BCUT2D eigenvalue weighted by molar-refractivity contribution is 6.19. The highest BCUT2D eigenvalue weighted by atomic mass is 16.4. The first-order valence-corrected chi connectivity index (χ1v) is 5.74. The largest absolute Gasteiger partial charge is 0.481 e. The maximum Gasteiger partial charge on any atom is 0.303 e. The summed E-state index contributed by atoms with van der Waals surface area (Å²) >= 11 is 0. The molecule has 1 heterocycles. The van der Waals surface area contributed by atoms with Crippen LogP contribution in [0.4, 0.5) is 5.69 Å². The quantitative estimate of drug-likeness (QED) is 0.815. The van der Waals surface area contributed by atoms with Crippen LogP contribution in [0.15, 0.2) is 24.3 Å². The van der Waals surface area contributed by atoms with Crippen molar-refractivity contribution in [3.05, 3.63) is 29.8 Å². The van der Waals surface area contributed by atoms with Crippen LogP contribution >= 0.6 is 0 Å². The molecule has 1 aromatic rings. The fraction of sp³-hybridized carbons (Fsp3) is 0.308. The number of amides is 2. The van der Waals surface area contributed by atoms with Gasteiger partial charge in [0.05, 0.1) is 5.69 Å². The smallest absolute Gasteiger partial charge is 0.303 e. The van der Waals surface area contributed by atoms with Crippen LogP contribution in [0.2, 0.25) is 0 Å². The van der Waals surface area contributed by atoms with Gasteiger partial charge in [0.2, 0.25) is 11.8 Å². The highest BCUT2D eigenvalue weighted by Crippen LogP contribution is 2.23. The predicted molar refractivity (Wildman–Crippen MR) is 64.1 cm³/mol. The zero-order valence-electron chi connectivity index (χ0n) is 9.76. The lowest BCUT2D eigenvalue weighted by Crippen LogP contribution is -2.28. The number of nitrogens with zero attached hydrogens (tertiary/aromatic N) is 1. The molecule has 18 heavy (non-hydrogen) atoms. The van der Waals surface area contributed by atoms with Crippen molar-refractivity contribution in [1.82, 2.24) is 0 Å². The van der Waals surface area contributed by atoms with E-state index in [4.69, 9.17) is 5.11 Å². The van der Waals surface area contributed by atoms with Gasteiger partial charge in [0.25, 0.3) is 0 Å². The Labute approximate surface area is 104 Å². The SMILES string of the molecule is O=C(O)CCc1cccc(N2C(=O)CCC2=O)c1. The third-order valence-corrected chi connectivity index (χ3v) is 2.85. The molecular weight excluding hydrogens is 234 g/mol. The summed E-state index contributed by atoms with van der Waals surface area (Å²) in [6.45, 7) is 0. The van der Waals surface area contributed by atoms with Crippen LogP contribution in [0, 0.1) is 0 Å². The van der Waals surface area contributed by atoms with Crippen LogP contribution in [-0.4, -0.2) is 22.9 Å². The lowest BCUT2D eigenvalue weighted by atomic mass is 10.1. The maximum atomic E-state index is 11.6. The first-order chi connectivity index (χ1) is 8.58. The van der Waals surface area contributed by atoms with Crippen molar-refractivity contribution in [2.24, 2.45) is 0 Å². The number of carbonyl (C=O) groups excluding carboxylic acids is 2. The Bertz CT molecular complexity index is 493. The Morgan fingerprint density at radius 2 is 1.89 bits per heavy atom. The molecule has 94 valence electrons. The van der Waals surface area contributed by atoms with E-state index in [1.807, 2.05) is 0 Å². The number of carboxylic acids is 1. The van der Waals surface area contributed by atoms with E-state index in [0.29, 0.717) is 12.1 Å². The summed E-state index contributed by atoms with van der Waals surface area (Å²) in [4.78, 5) is 34.8. The molecule has 0 radical (unpaired) electrons. The van der Waals surface area contributed by atoms with Crippen molar-refractivity contribution >= 4 is 23.5 Å². The topological polar surface area (TPSA) is 74.7 Å². The van der Waals surface area contributed by atoms with E-state index in [0.717, 1.165) is 5.56 Å². The Hall–Kier alpha value is -2.17. The second-order valence-corrected chi connectivity index (χ2v) is 4.19. The Kier molecular flexibility index (Phi) is 3.41. The summed E-state index contributed by atoms with van der Waals surface area (Å²) in [5.41, 5.74) is 1.34. The van der Waals surface area contributed by atoms with Gasteiger partial charge in [-0.15, -0.1) is 0 Å². The van der Waals surface area contributed by atoms with Crippen molar-refractivity contribution < 1.29 is 19.5 Å². The van der Waals surface area contributed by atoms with Crippen LogP contribution in [0.1, 0.15) is 24.8 Å². The number of aliphatic carboxylic acids is 1. The summed E-state index contributed by atoms with van der Waals surface area (Å²) in [6.07, 6.45) is 0.918. The van der Waals surface area contributed by atoms with Crippen LogP contribution in [0.25, 0.3) is 0 Å². The zero-order chi connectivity index (χ0) is 13.1. The lowest BCUT2D eigenvalue weighted by molar-refractivity contribution is -0.137. The second-order valence-electron chi connectivity index (χ2n) is 4.19. The van der Waals surface area contributed by atoms with Crippen molar-refractivity contribution in [1.29, 1.82) is 0 Å². The van der Waals surface area contributed by atoms with Gasteiger partial charge in [0, 0.05) is 19.3 Å². The van der Waals surface area contributed by atoms with E-state index >= 15 is 0 Å². The van der Waals surface area contributed by atoms with Gasteiger partial charge in [0.1, 0.15) is 0 Å². The number of carboxylic acid groups (broad SMARTS) is 1. The average Bonchev–Trinajstić information content (AvgIpc) is 2.67. The molecule has 0 unspecified atom stereocenters. The molecule has 0 atom stereocenters.